The van der Waals surface area contributed by atoms with Gasteiger partial charge in [-0.25, -0.2) is 0 Å². The van der Waals surface area contributed by atoms with Crippen LogP contribution in [-0.4, -0.2) is 48.2 Å². The molecule has 0 aromatic carbocycles. The van der Waals surface area contributed by atoms with Crippen LogP contribution in [0.25, 0.3) is 0 Å². The minimum absolute atomic E-state index is 0.0476. The fourth-order valence-corrected chi connectivity index (χ4v) is 2.76. The summed E-state index contributed by atoms with van der Waals surface area (Å²) in [5.41, 5.74) is -0.396. The Labute approximate surface area is 103 Å². The number of hydrogen-bond donors (Lipinski definition) is 2. The van der Waals surface area contributed by atoms with E-state index < -0.39 is 5.54 Å². The fraction of sp³-hybridized carbons (Fsp3) is 0.923. The Balaban J connectivity index is 1.91. The zero-order chi connectivity index (χ0) is 12.5. The Morgan fingerprint density at radius 1 is 1.47 bits per heavy atom. The monoisotopic (exact) mass is 240 g/mol. The Morgan fingerprint density at radius 2 is 2.18 bits per heavy atom. The number of likely N-dealkylation sites (tertiary alicyclic amines) is 1. The number of aliphatic hydroxyl groups excluding tert-OH is 1. The lowest BCUT2D eigenvalue weighted by molar-refractivity contribution is -0.129. The van der Waals surface area contributed by atoms with E-state index in [0.29, 0.717) is 5.92 Å². The van der Waals surface area contributed by atoms with E-state index in [0.717, 1.165) is 38.8 Å². The quantitative estimate of drug-likeness (QED) is 0.757. The smallest absolute Gasteiger partial charge is 0.224 e. The van der Waals surface area contributed by atoms with Gasteiger partial charge >= 0.3 is 0 Å². The van der Waals surface area contributed by atoms with E-state index in [1.54, 1.807) is 0 Å². The first-order valence-electron chi connectivity index (χ1n) is 6.66. The first-order valence-corrected chi connectivity index (χ1v) is 6.66. The maximum absolute atomic E-state index is 12.2. The average Bonchev–Trinajstić information content (AvgIpc) is 3.13. The number of nitrogens with one attached hydrogen (secondary N) is 1. The molecule has 0 aromatic rings. The molecule has 1 aliphatic heterocycles. The zero-order valence-corrected chi connectivity index (χ0v) is 10.9. The van der Waals surface area contributed by atoms with E-state index in [4.69, 9.17) is 0 Å². The minimum Gasteiger partial charge on any atom is -0.394 e. The van der Waals surface area contributed by atoms with E-state index in [1.807, 2.05) is 6.92 Å². The second-order valence-corrected chi connectivity index (χ2v) is 5.94. The number of rotatable bonds is 4. The maximum atomic E-state index is 12.2. The highest BCUT2D eigenvalue weighted by Crippen LogP contribution is 2.39. The molecule has 98 valence electrons. The summed E-state index contributed by atoms with van der Waals surface area (Å²) in [6.07, 6.45) is 4.32. The number of carbonyl (C=O) groups excluding carboxylic acids is 1. The van der Waals surface area contributed by atoms with E-state index in [9.17, 15) is 9.90 Å². The van der Waals surface area contributed by atoms with Gasteiger partial charge in [0.1, 0.15) is 0 Å². The summed E-state index contributed by atoms with van der Waals surface area (Å²) >= 11 is 0. The number of amides is 1. The predicted octanol–water partition coefficient (Wildman–Crippen LogP) is 0.605. The molecular formula is C13H24N2O2. The molecule has 1 aliphatic carbocycles. The lowest BCUT2D eigenvalue weighted by Gasteiger charge is -2.34. The van der Waals surface area contributed by atoms with Gasteiger partial charge < -0.3 is 15.3 Å². The molecule has 17 heavy (non-hydrogen) atoms. The lowest BCUT2D eigenvalue weighted by atomic mass is 9.92. The van der Waals surface area contributed by atoms with E-state index in [2.05, 4.69) is 17.3 Å². The number of nitrogens with zero attached hydrogens (tertiary/aromatic N) is 1. The van der Waals surface area contributed by atoms with Gasteiger partial charge in [0, 0.05) is 6.54 Å². The molecule has 0 aromatic heterocycles. The van der Waals surface area contributed by atoms with Crippen molar-refractivity contribution in [3.05, 3.63) is 0 Å². The van der Waals surface area contributed by atoms with Crippen molar-refractivity contribution in [1.82, 2.24) is 10.2 Å². The second kappa shape index (κ2) is 4.94. The molecule has 0 spiro atoms. The van der Waals surface area contributed by atoms with Crippen LogP contribution in [0.5, 0.6) is 0 Å². The van der Waals surface area contributed by atoms with Gasteiger partial charge in [-0.15, -0.1) is 0 Å². The van der Waals surface area contributed by atoms with Gasteiger partial charge in [-0.1, -0.05) is 0 Å². The van der Waals surface area contributed by atoms with Crippen LogP contribution in [0.15, 0.2) is 0 Å². The van der Waals surface area contributed by atoms with Crippen LogP contribution in [0.4, 0.5) is 0 Å². The number of piperidine rings is 1. The van der Waals surface area contributed by atoms with Crippen molar-refractivity contribution in [2.45, 2.75) is 38.1 Å². The summed E-state index contributed by atoms with van der Waals surface area (Å²) in [4.78, 5) is 14.4. The molecule has 1 heterocycles. The molecule has 4 nitrogen and oxygen atoms in total. The summed E-state index contributed by atoms with van der Waals surface area (Å²) in [7, 11) is 2.06. The molecule has 2 fully saturated rings. The molecule has 2 unspecified atom stereocenters. The van der Waals surface area contributed by atoms with Gasteiger partial charge in [0.15, 0.2) is 0 Å². The molecule has 2 N–H and O–H groups in total. The summed E-state index contributed by atoms with van der Waals surface area (Å²) in [6.45, 7) is 3.95. The molecule has 0 radical (unpaired) electrons. The van der Waals surface area contributed by atoms with Gasteiger partial charge in [0.2, 0.25) is 5.91 Å². The third kappa shape index (κ3) is 2.99. The van der Waals surface area contributed by atoms with Crippen molar-refractivity contribution in [2.24, 2.45) is 11.8 Å². The molecule has 0 bridgehead atoms. The number of hydrogen-bond acceptors (Lipinski definition) is 3. The van der Waals surface area contributed by atoms with Gasteiger partial charge in [0.25, 0.3) is 0 Å². The molecule has 2 aliphatic rings. The zero-order valence-electron chi connectivity index (χ0n) is 10.9. The van der Waals surface area contributed by atoms with Crippen molar-refractivity contribution in [3.63, 3.8) is 0 Å². The molecule has 2 rings (SSSR count). The summed E-state index contributed by atoms with van der Waals surface area (Å²) in [5, 5.41) is 12.5. The molecule has 2 atom stereocenters. The molecule has 1 saturated carbocycles. The van der Waals surface area contributed by atoms with Crippen LogP contribution < -0.4 is 5.32 Å². The van der Waals surface area contributed by atoms with Crippen LogP contribution in [0.1, 0.15) is 32.6 Å². The Hall–Kier alpha value is -0.610. The van der Waals surface area contributed by atoms with E-state index in [1.165, 1.54) is 0 Å². The Bertz CT molecular complexity index is 291. The molecule has 1 amide bonds. The first-order chi connectivity index (χ1) is 8.05. The molecule has 4 heteroatoms. The first kappa shape index (κ1) is 12.8. The lowest BCUT2D eigenvalue weighted by Crippen LogP contribution is -2.54. The van der Waals surface area contributed by atoms with Crippen molar-refractivity contribution in [1.29, 1.82) is 0 Å². The normalized spacial score (nSPS) is 29.7. The topological polar surface area (TPSA) is 52.6 Å². The van der Waals surface area contributed by atoms with E-state index in [-0.39, 0.29) is 18.4 Å². The van der Waals surface area contributed by atoms with Gasteiger partial charge in [-0.2, -0.15) is 0 Å². The van der Waals surface area contributed by atoms with Crippen molar-refractivity contribution >= 4 is 5.91 Å². The average molecular weight is 240 g/mol. The highest BCUT2D eigenvalue weighted by atomic mass is 16.3. The molecular weight excluding hydrogens is 216 g/mol. The van der Waals surface area contributed by atoms with Crippen LogP contribution in [0.2, 0.25) is 0 Å². The highest BCUT2D eigenvalue weighted by Gasteiger charge is 2.43. The largest absolute Gasteiger partial charge is 0.394 e. The summed E-state index contributed by atoms with van der Waals surface area (Å²) in [6, 6.07) is 0. The summed E-state index contributed by atoms with van der Waals surface area (Å²) < 4.78 is 0. The Morgan fingerprint density at radius 3 is 2.71 bits per heavy atom. The Kier molecular flexibility index (Phi) is 3.73. The van der Waals surface area contributed by atoms with Crippen LogP contribution >= 0.6 is 0 Å². The van der Waals surface area contributed by atoms with Crippen LogP contribution in [0.3, 0.4) is 0 Å². The van der Waals surface area contributed by atoms with Gasteiger partial charge in [0.05, 0.1) is 18.1 Å². The fourth-order valence-electron chi connectivity index (χ4n) is 2.76. The van der Waals surface area contributed by atoms with Crippen molar-refractivity contribution in [2.75, 3.05) is 26.7 Å². The third-order valence-corrected chi connectivity index (χ3v) is 4.21. The summed E-state index contributed by atoms with van der Waals surface area (Å²) in [5.74, 6) is 0.691. The molecule has 1 saturated heterocycles. The maximum Gasteiger partial charge on any atom is 0.224 e. The van der Waals surface area contributed by atoms with Crippen molar-refractivity contribution in [3.8, 4) is 0 Å². The minimum atomic E-state index is -0.396. The number of carbonyl (C=O) groups is 1. The second-order valence-electron chi connectivity index (χ2n) is 5.94. The van der Waals surface area contributed by atoms with Gasteiger partial charge in [-0.3, -0.25) is 4.79 Å². The standard InChI is InChI=1S/C13H24N2O2/c1-13(9-16,11-5-6-11)14-12(17)10-4-3-7-15(2)8-10/h10-11,16H,3-9H2,1-2H3,(H,14,17). The van der Waals surface area contributed by atoms with Crippen LogP contribution in [-0.2, 0) is 4.79 Å². The van der Waals surface area contributed by atoms with Crippen molar-refractivity contribution < 1.29 is 9.90 Å². The van der Waals surface area contributed by atoms with Gasteiger partial charge in [-0.05, 0) is 52.1 Å². The predicted molar refractivity (Wildman–Crippen MR) is 66.6 cm³/mol. The van der Waals surface area contributed by atoms with Crippen LogP contribution in [0, 0.1) is 11.8 Å². The number of aliphatic hydroxyl groups is 1. The SMILES string of the molecule is CN1CCCC(C(=O)NC(C)(CO)C2CC2)C1. The third-order valence-electron chi connectivity index (χ3n) is 4.21. The highest BCUT2D eigenvalue weighted by molar-refractivity contribution is 5.79. The van der Waals surface area contributed by atoms with E-state index >= 15 is 0 Å².